The zero-order valence-electron chi connectivity index (χ0n) is 19.4. The second-order valence-electron chi connectivity index (χ2n) is 8.08. The number of rotatable bonds is 7. The number of nitrogens with zero attached hydrogens (tertiary/aromatic N) is 4. The monoisotopic (exact) mass is 522 g/mol. The number of halogens is 1. The Hall–Kier alpha value is -1.52. The van der Waals surface area contributed by atoms with Crippen LogP contribution in [-0.2, 0) is 18.2 Å². The van der Waals surface area contributed by atoms with Crippen LogP contribution in [0.25, 0.3) is 0 Å². The SMILES string of the molecule is CCN(CCNC(=NC)NC(C)Cc1c(C)nn(C)c1C)C(=O)OC(C)(C)C.I. The number of hydrogen-bond acceptors (Lipinski definition) is 4. The first kappa shape index (κ1) is 27.5. The van der Waals surface area contributed by atoms with Crippen molar-refractivity contribution >= 4 is 36.0 Å². The molecule has 0 saturated heterocycles. The summed E-state index contributed by atoms with van der Waals surface area (Å²) in [6.07, 6.45) is 0.571. The number of likely N-dealkylation sites (N-methyl/N-ethyl adjacent to an activating group) is 1. The lowest BCUT2D eigenvalue weighted by Gasteiger charge is -2.27. The third-order valence-electron chi connectivity index (χ3n) is 4.48. The Morgan fingerprint density at radius 1 is 1.34 bits per heavy atom. The Labute approximate surface area is 192 Å². The van der Waals surface area contributed by atoms with Crippen molar-refractivity contribution in [2.24, 2.45) is 12.0 Å². The zero-order chi connectivity index (χ0) is 21.5. The van der Waals surface area contributed by atoms with Crippen LogP contribution in [0.5, 0.6) is 0 Å². The van der Waals surface area contributed by atoms with E-state index in [4.69, 9.17) is 4.74 Å². The Bertz CT molecular complexity index is 681. The summed E-state index contributed by atoms with van der Waals surface area (Å²) < 4.78 is 7.35. The van der Waals surface area contributed by atoms with Gasteiger partial charge in [-0.2, -0.15) is 5.10 Å². The molecule has 1 amide bonds. The first-order valence-corrected chi connectivity index (χ1v) is 9.92. The maximum atomic E-state index is 12.2. The van der Waals surface area contributed by atoms with Gasteiger partial charge in [0.25, 0.3) is 0 Å². The number of guanidine groups is 1. The average molecular weight is 522 g/mol. The van der Waals surface area contributed by atoms with Crippen molar-refractivity contribution in [3.05, 3.63) is 17.0 Å². The minimum absolute atomic E-state index is 0. The maximum Gasteiger partial charge on any atom is 0.410 e. The van der Waals surface area contributed by atoms with Gasteiger partial charge in [-0.25, -0.2) is 4.79 Å². The number of carbonyl (C=O) groups excluding carboxylic acids is 1. The predicted molar refractivity (Wildman–Crippen MR) is 129 cm³/mol. The summed E-state index contributed by atoms with van der Waals surface area (Å²) in [6, 6.07) is 0.195. The lowest BCUT2D eigenvalue weighted by atomic mass is 10.1. The number of amides is 1. The third-order valence-corrected chi connectivity index (χ3v) is 4.48. The quantitative estimate of drug-likeness (QED) is 0.327. The molecule has 0 saturated carbocycles. The molecule has 0 aliphatic rings. The van der Waals surface area contributed by atoms with E-state index in [1.54, 1.807) is 11.9 Å². The molecule has 168 valence electrons. The molecule has 1 unspecified atom stereocenters. The van der Waals surface area contributed by atoms with Crippen molar-refractivity contribution in [1.29, 1.82) is 0 Å². The second-order valence-corrected chi connectivity index (χ2v) is 8.08. The molecule has 0 spiro atoms. The van der Waals surface area contributed by atoms with Crippen LogP contribution in [0.2, 0.25) is 0 Å². The van der Waals surface area contributed by atoms with Crippen LogP contribution in [0.3, 0.4) is 0 Å². The standard InChI is InChI=1S/C20H38N6O2.HI/c1-10-26(19(27)28-20(5,6)7)12-11-22-18(21-8)23-14(2)13-17-15(3)24-25(9)16(17)4;/h14H,10-13H2,1-9H3,(H2,21,22,23);1H. The van der Waals surface area contributed by atoms with Crippen LogP contribution in [0.4, 0.5) is 4.79 Å². The van der Waals surface area contributed by atoms with Crippen molar-refractivity contribution in [2.45, 2.75) is 66.5 Å². The van der Waals surface area contributed by atoms with E-state index in [0.717, 1.165) is 12.1 Å². The molecule has 1 rings (SSSR count). The molecule has 1 atom stereocenters. The fourth-order valence-electron chi connectivity index (χ4n) is 2.91. The highest BCUT2D eigenvalue weighted by molar-refractivity contribution is 14.0. The van der Waals surface area contributed by atoms with Crippen molar-refractivity contribution < 1.29 is 9.53 Å². The minimum Gasteiger partial charge on any atom is -0.444 e. The van der Waals surface area contributed by atoms with Crippen LogP contribution in [0, 0.1) is 13.8 Å². The van der Waals surface area contributed by atoms with E-state index >= 15 is 0 Å². The summed E-state index contributed by atoms with van der Waals surface area (Å²) in [5.74, 6) is 0.715. The molecule has 0 aromatic carbocycles. The van der Waals surface area contributed by atoms with Crippen LogP contribution in [-0.4, -0.2) is 65.1 Å². The average Bonchev–Trinajstić information content (AvgIpc) is 2.82. The van der Waals surface area contributed by atoms with E-state index in [9.17, 15) is 4.79 Å². The van der Waals surface area contributed by atoms with E-state index in [1.165, 1.54) is 11.3 Å². The molecule has 9 heteroatoms. The number of ether oxygens (including phenoxy) is 1. The Morgan fingerprint density at radius 3 is 2.41 bits per heavy atom. The van der Waals surface area contributed by atoms with Gasteiger partial charge in [0, 0.05) is 45.5 Å². The van der Waals surface area contributed by atoms with Gasteiger partial charge in [0.2, 0.25) is 0 Å². The molecular weight excluding hydrogens is 483 g/mol. The van der Waals surface area contributed by atoms with Gasteiger partial charge in [-0.3, -0.25) is 9.67 Å². The van der Waals surface area contributed by atoms with Gasteiger partial charge in [-0.1, -0.05) is 0 Å². The van der Waals surface area contributed by atoms with E-state index < -0.39 is 5.60 Å². The van der Waals surface area contributed by atoms with Crippen LogP contribution < -0.4 is 10.6 Å². The number of hydrogen-bond donors (Lipinski definition) is 2. The molecule has 0 radical (unpaired) electrons. The van der Waals surface area contributed by atoms with Crippen molar-refractivity contribution in [1.82, 2.24) is 25.3 Å². The number of nitrogens with one attached hydrogen (secondary N) is 2. The van der Waals surface area contributed by atoms with Crippen LogP contribution in [0.1, 0.15) is 51.6 Å². The van der Waals surface area contributed by atoms with Crippen LogP contribution in [0.15, 0.2) is 4.99 Å². The fraction of sp³-hybridized carbons (Fsp3) is 0.750. The lowest BCUT2D eigenvalue weighted by molar-refractivity contribution is 0.0264. The molecule has 1 heterocycles. The molecular formula is C20H39IN6O2. The summed E-state index contributed by atoms with van der Waals surface area (Å²) in [5.41, 5.74) is 3.02. The van der Waals surface area contributed by atoms with Gasteiger partial charge in [-0.05, 0) is 60.5 Å². The highest BCUT2D eigenvalue weighted by Crippen LogP contribution is 2.14. The highest BCUT2D eigenvalue weighted by Gasteiger charge is 2.21. The number of aryl methyl sites for hydroxylation is 2. The predicted octanol–water partition coefficient (Wildman–Crippen LogP) is 3.01. The van der Waals surface area contributed by atoms with Crippen molar-refractivity contribution in [2.75, 3.05) is 26.7 Å². The normalized spacial score (nSPS) is 12.8. The Morgan fingerprint density at radius 2 is 1.97 bits per heavy atom. The molecule has 0 bridgehead atoms. The summed E-state index contributed by atoms with van der Waals surface area (Å²) in [4.78, 5) is 18.2. The van der Waals surface area contributed by atoms with Gasteiger partial charge in [0.05, 0.1) is 5.69 Å². The van der Waals surface area contributed by atoms with Gasteiger partial charge in [-0.15, -0.1) is 24.0 Å². The smallest absolute Gasteiger partial charge is 0.410 e. The first-order valence-electron chi connectivity index (χ1n) is 9.92. The fourth-order valence-corrected chi connectivity index (χ4v) is 2.91. The zero-order valence-corrected chi connectivity index (χ0v) is 21.7. The summed E-state index contributed by atoms with van der Waals surface area (Å²) in [6.45, 7) is 15.5. The van der Waals surface area contributed by atoms with Crippen LogP contribution >= 0.6 is 24.0 Å². The minimum atomic E-state index is -0.493. The topological polar surface area (TPSA) is 83.8 Å². The number of carbonyl (C=O) groups is 1. The maximum absolute atomic E-state index is 12.2. The van der Waals surface area contributed by atoms with E-state index in [-0.39, 0.29) is 36.1 Å². The lowest BCUT2D eigenvalue weighted by Crippen LogP contribution is -2.46. The summed E-state index contributed by atoms with van der Waals surface area (Å²) >= 11 is 0. The Kier molecular flexibility index (Phi) is 11.6. The van der Waals surface area contributed by atoms with Gasteiger partial charge < -0.3 is 20.3 Å². The molecule has 8 nitrogen and oxygen atoms in total. The molecule has 2 N–H and O–H groups in total. The first-order chi connectivity index (χ1) is 13.0. The number of aromatic nitrogens is 2. The van der Waals surface area contributed by atoms with Gasteiger partial charge in [0.1, 0.15) is 5.60 Å². The highest BCUT2D eigenvalue weighted by atomic mass is 127. The van der Waals surface area contributed by atoms with Crippen molar-refractivity contribution in [3.8, 4) is 0 Å². The van der Waals surface area contributed by atoms with Gasteiger partial charge >= 0.3 is 6.09 Å². The molecule has 29 heavy (non-hydrogen) atoms. The molecule has 1 aromatic rings. The Balaban J connectivity index is 0.00000784. The number of aliphatic imine (C=N–C) groups is 1. The van der Waals surface area contributed by atoms with E-state index in [2.05, 4.69) is 34.6 Å². The third kappa shape index (κ3) is 9.22. The summed E-state index contributed by atoms with van der Waals surface area (Å²) in [5, 5.41) is 11.2. The van der Waals surface area contributed by atoms with Gasteiger partial charge in [0.15, 0.2) is 5.96 Å². The molecule has 0 aliphatic carbocycles. The second kappa shape index (κ2) is 12.2. The molecule has 1 aromatic heterocycles. The summed E-state index contributed by atoms with van der Waals surface area (Å²) in [7, 11) is 3.71. The van der Waals surface area contributed by atoms with E-state index in [1.807, 2.05) is 46.3 Å². The molecule has 0 aliphatic heterocycles. The molecule has 0 fully saturated rings. The van der Waals surface area contributed by atoms with Crippen molar-refractivity contribution in [3.63, 3.8) is 0 Å². The largest absolute Gasteiger partial charge is 0.444 e. The van der Waals surface area contributed by atoms with E-state index in [0.29, 0.717) is 25.6 Å².